The molecule has 1 aliphatic rings. The topological polar surface area (TPSA) is 49.7 Å². The minimum atomic E-state index is -1.38. The van der Waals surface area contributed by atoms with Crippen LogP contribution in [0.1, 0.15) is 8.42 Å². The summed E-state index contributed by atoms with van der Waals surface area (Å²) < 4.78 is 5.27. The molecular weight excluding hydrogens is 155 g/mol. The van der Waals surface area contributed by atoms with Gasteiger partial charge in [-0.2, -0.15) is 0 Å². The lowest BCUT2D eigenvalue weighted by Crippen LogP contribution is -2.29. The Morgan fingerprint density at radius 2 is 2.25 bits per heavy atom. The first-order chi connectivity index (χ1) is 5.77. The Morgan fingerprint density at radius 3 is 3.00 bits per heavy atom. The van der Waals surface area contributed by atoms with Gasteiger partial charge in [0, 0.05) is 9.27 Å². The van der Waals surface area contributed by atoms with Crippen LogP contribution in [0.3, 0.4) is 0 Å². The van der Waals surface area contributed by atoms with Gasteiger partial charge >= 0.3 is 7.12 Å². The molecule has 1 aliphatic heterocycles. The normalized spacial score (nSPS) is 13.8. The van der Waals surface area contributed by atoms with Crippen molar-refractivity contribution in [1.29, 1.82) is 0 Å². The lowest BCUT2D eigenvalue weighted by atomic mass is 9.79. The van der Waals surface area contributed by atoms with E-state index in [4.69, 9.17) is 14.8 Å². The quantitative estimate of drug-likeness (QED) is 0.570. The van der Waals surface area contributed by atoms with Crippen LogP contribution < -0.4 is 10.2 Å². The molecule has 1 heterocycles. The van der Waals surface area contributed by atoms with Crippen molar-refractivity contribution >= 4 is 12.6 Å². The van der Waals surface area contributed by atoms with Crippen LogP contribution in [0.4, 0.5) is 0 Å². The third kappa shape index (κ3) is 1.19. The number of rotatable bonds is 1. The molecule has 3 nitrogen and oxygen atoms in total. The minimum Gasteiger partial charge on any atom is -0.493 e. The first-order valence-electron chi connectivity index (χ1n) is 3.89. The Labute approximate surface area is 73.7 Å². The minimum absolute atomic E-state index is 0. The highest BCUT2D eigenvalue weighted by atomic mass is 16.5. The van der Waals surface area contributed by atoms with Crippen LogP contribution in [0, 0.1) is 0 Å². The van der Waals surface area contributed by atoms with E-state index in [1.165, 1.54) is 0 Å². The Balaban J connectivity index is 0.000000845. The van der Waals surface area contributed by atoms with Crippen molar-refractivity contribution in [3.63, 3.8) is 0 Å². The van der Waals surface area contributed by atoms with Crippen molar-refractivity contribution in [2.45, 2.75) is 6.42 Å². The van der Waals surface area contributed by atoms with Crippen LogP contribution in [-0.2, 0) is 6.42 Å². The summed E-state index contributed by atoms with van der Waals surface area (Å²) in [5.41, 5.74) is 1.58. The van der Waals surface area contributed by atoms with E-state index in [-0.39, 0.29) is 2.85 Å². The molecule has 0 aromatic heterocycles. The summed E-state index contributed by atoms with van der Waals surface area (Å²) >= 11 is 0. The molecule has 0 bridgehead atoms. The van der Waals surface area contributed by atoms with Crippen molar-refractivity contribution in [1.82, 2.24) is 0 Å². The van der Waals surface area contributed by atoms with E-state index >= 15 is 0 Å². The molecule has 0 unspecified atom stereocenters. The largest absolute Gasteiger partial charge is 0.493 e. The zero-order valence-corrected chi connectivity index (χ0v) is 6.53. The SMILES string of the molecule is OB(O)c1ccc2c(c1)CCO2.[HH].[HH]. The summed E-state index contributed by atoms with van der Waals surface area (Å²) in [6.45, 7) is 0.695. The molecule has 0 amide bonds. The van der Waals surface area contributed by atoms with Crippen LogP contribution in [0.15, 0.2) is 18.2 Å². The van der Waals surface area contributed by atoms with Crippen LogP contribution in [0.2, 0.25) is 0 Å². The smallest absolute Gasteiger partial charge is 0.488 e. The van der Waals surface area contributed by atoms with Gasteiger partial charge in [-0.05, 0) is 17.1 Å². The van der Waals surface area contributed by atoms with Crippen molar-refractivity contribution < 1.29 is 17.6 Å². The fourth-order valence-electron chi connectivity index (χ4n) is 1.37. The van der Waals surface area contributed by atoms with E-state index in [0.29, 0.717) is 12.1 Å². The van der Waals surface area contributed by atoms with Crippen LogP contribution in [-0.4, -0.2) is 23.8 Å². The molecule has 1 aromatic rings. The first-order valence-corrected chi connectivity index (χ1v) is 3.89. The molecule has 0 radical (unpaired) electrons. The fraction of sp³-hybridized carbons (Fsp3) is 0.250. The summed E-state index contributed by atoms with van der Waals surface area (Å²) in [7, 11) is -1.38. The van der Waals surface area contributed by atoms with Crippen LogP contribution in [0.25, 0.3) is 0 Å². The second-order valence-corrected chi connectivity index (χ2v) is 2.84. The molecule has 0 aliphatic carbocycles. The number of hydrogen-bond acceptors (Lipinski definition) is 3. The summed E-state index contributed by atoms with van der Waals surface area (Å²) in [5, 5.41) is 17.7. The number of benzene rings is 1. The van der Waals surface area contributed by atoms with Gasteiger partial charge in [-0.15, -0.1) is 0 Å². The first kappa shape index (κ1) is 7.64. The average Bonchev–Trinajstić information content (AvgIpc) is 2.49. The van der Waals surface area contributed by atoms with Crippen molar-refractivity contribution in [2.75, 3.05) is 6.61 Å². The zero-order valence-electron chi connectivity index (χ0n) is 6.53. The molecule has 4 heteroatoms. The number of hydrogen-bond donors (Lipinski definition) is 2. The van der Waals surface area contributed by atoms with Crippen molar-refractivity contribution in [3.8, 4) is 5.75 Å². The van der Waals surface area contributed by atoms with E-state index in [1.807, 2.05) is 0 Å². The van der Waals surface area contributed by atoms with E-state index in [9.17, 15) is 0 Å². The predicted molar refractivity (Wildman–Crippen MR) is 49.7 cm³/mol. The highest BCUT2D eigenvalue weighted by Gasteiger charge is 2.16. The predicted octanol–water partition coefficient (Wildman–Crippen LogP) is -0.207. The van der Waals surface area contributed by atoms with Gasteiger partial charge in [0.1, 0.15) is 5.75 Å². The van der Waals surface area contributed by atoms with E-state index < -0.39 is 7.12 Å². The average molecular weight is 168 g/mol. The van der Waals surface area contributed by atoms with Gasteiger partial charge in [0.2, 0.25) is 0 Å². The molecule has 0 saturated heterocycles. The summed E-state index contributed by atoms with van der Waals surface area (Å²) in [4.78, 5) is 0. The van der Waals surface area contributed by atoms with Gasteiger partial charge in [-0.25, -0.2) is 0 Å². The Kier molecular flexibility index (Phi) is 1.79. The van der Waals surface area contributed by atoms with Crippen molar-refractivity contribution in [2.24, 2.45) is 0 Å². The molecule has 0 spiro atoms. The standard InChI is InChI=1S/C8H9BO3.2H2/c10-9(11)7-1-2-8-6(5-7)3-4-12-8;;/h1-2,5,10-11H,3-4H2;2*1H. The molecule has 2 rings (SSSR count). The van der Waals surface area contributed by atoms with Gasteiger partial charge in [0.25, 0.3) is 0 Å². The van der Waals surface area contributed by atoms with Crippen molar-refractivity contribution in [3.05, 3.63) is 23.8 Å². The molecule has 0 saturated carbocycles. The van der Waals surface area contributed by atoms with Gasteiger partial charge in [-0.1, -0.05) is 12.1 Å². The lowest BCUT2D eigenvalue weighted by Gasteiger charge is -2.01. The number of fused-ring (bicyclic) bond motifs is 1. The molecular formula is C8H13BO3. The number of ether oxygens (including phenoxy) is 1. The highest BCUT2D eigenvalue weighted by molar-refractivity contribution is 6.58. The monoisotopic (exact) mass is 168 g/mol. The maximum absolute atomic E-state index is 8.87. The van der Waals surface area contributed by atoms with Gasteiger partial charge in [0.15, 0.2) is 0 Å². The molecule has 1 aromatic carbocycles. The molecule has 0 fully saturated rings. The van der Waals surface area contributed by atoms with E-state index in [2.05, 4.69) is 0 Å². The van der Waals surface area contributed by atoms with Crippen LogP contribution in [0.5, 0.6) is 5.75 Å². The Hall–Kier alpha value is -0.995. The summed E-state index contributed by atoms with van der Waals surface area (Å²) in [5.74, 6) is 0.861. The zero-order chi connectivity index (χ0) is 8.55. The van der Waals surface area contributed by atoms with E-state index in [1.54, 1.807) is 18.2 Å². The fourth-order valence-corrected chi connectivity index (χ4v) is 1.37. The Morgan fingerprint density at radius 1 is 1.42 bits per heavy atom. The van der Waals surface area contributed by atoms with E-state index in [0.717, 1.165) is 17.7 Å². The molecule has 0 atom stereocenters. The second kappa shape index (κ2) is 2.81. The van der Waals surface area contributed by atoms with Gasteiger partial charge < -0.3 is 14.8 Å². The van der Waals surface area contributed by atoms with Gasteiger partial charge in [0.05, 0.1) is 6.61 Å². The lowest BCUT2D eigenvalue weighted by molar-refractivity contribution is 0.357. The summed E-state index contributed by atoms with van der Waals surface area (Å²) in [6.07, 6.45) is 0.857. The molecule has 66 valence electrons. The van der Waals surface area contributed by atoms with Crippen LogP contribution >= 0.6 is 0 Å². The maximum atomic E-state index is 8.87. The molecule has 2 N–H and O–H groups in total. The second-order valence-electron chi connectivity index (χ2n) is 2.84. The third-order valence-corrected chi connectivity index (χ3v) is 2.01. The summed E-state index contributed by atoms with van der Waals surface area (Å²) in [6, 6.07) is 5.21. The highest BCUT2D eigenvalue weighted by Crippen LogP contribution is 2.22. The van der Waals surface area contributed by atoms with Gasteiger partial charge in [-0.3, -0.25) is 0 Å². The molecule has 12 heavy (non-hydrogen) atoms. The third-order valence-electron chi connectivity index (χ3n) is 2.01. The Bertz CT molecular complexity index is 307. The maximum Gasteiger partial charge on any atom is 0.488 e.